The van der Waals surface area contributed by atoms with Gasteiger partial charge in [-0.15, -0.1) is 11.3 Å². The number of aromatic nitrogens is 1. The van der Waals surface area contributed by atoms with Gasteiger partial charge >= 0.3 is 11.9 Å². The highest BCUT2D eigenvalue weighted by Gasteiger charge is 2.42. The molecule has 12 heteroatoms. The first-order valence-electron chi connectivity index (χ1n) is 13.5. The molecule has 2 N–H and O–H groups in total. The molecule has 41 heavy (non-hydrogen) atoms. The van der Waals surface area contributed by atoms with Crippen LogP contribution in [0.5, 0.6) is 0 Å². The van der Waals surface area contributed by atoms with Crippen LogP contribution in [0.25, 0.3) is 5.70 Å². The summed E-state index contributed by atoms with van der Waals surface area (Å²) in [7, 11) is 1.36. The molecule has 2 fully saturated rings. The third-order valence-electron chi connectivity index (χ3n) is 8.03. The molecule has 2 saturated heterocycles. The van der Waals surface area contributed by atoms with E-state index in [9.17, 15) is 19.1 Å². The molecule has 1 aromatic carbocycles. The third-order valence-corrected chi connectivity index (χ3v) is 9.33. The topological polar surface area (TPSA) is 98.2 Å². The van der Waals surface area contributed by atoms with Crippen molar-refractivity contribution < 1.29 is 23.8 Å². The Morgan fingerprint density at radius 3 is 2.76 bits per heavy atom. The van der Waals surface area contributed by atoms with E-state index in [-0.39, 0.29) is 11.9 Å². The van der Waals surface area contributed by atoms with Gasteiger partial charge in [-0.25, -0.2) is 14.2 Å². The summed E-state index contributed by atoms with van der Waals surface area (Å²) in [5, 5.41) is 16.4. The summed E-state index contributed by atoms with van der Waals surface area (Å²) in [4.78, 5) is 35.9. The number of ether oxygens (including phenoxy) is 1. The van der Waals surface area contributed by atoms with Crippen molar-refractivity contribution in [3.8, 4) is 0 Å². The van der Waals surface area contributed by atoms with Crippen LogP contribution in [0.2, 0.25) is 0 Å². The van der Waals surface area contributed by atoms with Gasteiger partial charge < -0.3 is 25.0 Å². The molecule has 0 saturated carbocycles. The van der Waals surface area contributed by atoms with Crippen LogP contribution in [0.1, 0.15) is 35.9 Å². The lowest BCUT2D eigenvalue weighted by atomic mass is 9.84. The van der Waals surface area contributed by atoms with Crippen LogP contribution in [0, 0.1) is 18.2 Å². The summed E-state index contributed by atoms with van der Waals surface area (Å²) < 4.78 is 19.9. The van der Waals surface area contributed by atoms with Gasteiger partial charge in [0.15, 0.2) is 5.11 Å². The van der Waals surface area contributed by atoms with Gasteiger partial charge in [0.2, 0.25) is 0 Å². The molecule has 218 valence electrons. The summed E-state index contributed by atoms with van der Waals surface area (Å²) in [5.74, 6) is -2.19. The van der Waals surface area contributed by atoms with E-state index in [1.807, 2.05) is 22.4 Å². The number of nitrogens with one attached hydrogen (secondary N) is 1. The number of carbonyl (C=O) groups excluding carboxylic acids is 1. The number of nitrogens with zero attached hydrogens (tertiary/aromatic N) is 4. The highest BCUT2D eigenvalue weighted by Crippen LogP contribution is 2.38. The number of dihydropyridines is 1. The number of benzene rings is 1. The van der Waals surface area contributed by atoms with Crippen molar-refractivity contribution in [3.05, 3.63) is 69.1 Å². The summed E-state index contributed by atoms with van der Waals surface area (Å²) in [6.45, 7) is 8.63. The molecule has 0 spiro atoms. The first kappa shape index (κ1) is 29.2. The van der Waals surface area contributed by atoms with Crippen LogP contribution in [-0.4, -0.2) is 94.3 Å². The second kappa shape index (κ2) is 11.5. The highest BCUT2D eigenvalue weighted by atomic mass is 32.1. The summed E-state index contributed by atoms with van der Waals surface area (Å²) >= 11 is 7.21. The number of allylic oxidation sites excluding steroid dienone is 1. The minimum absolute atomic E-state index is 0.0989. The Balaban J connectivity index is 1.44. The number of carboxylic acid groups (broad SMARTS) is 1. The Kier molecular flexibility index (Phi) is 8.18. The lowest BCUT2D eigenvalue weighted by Gasteiger charge is -2.39. The predicted octanol–water partition coefficient (Wildman–Crippen LogP) is 3.44. The standard InChI is InChI=1S/C29H34FN5O4S2/c1-17-19(6-5-7-21(17)30)20-12-22(25-31-8-11-41-25)32-23(24(20)26(36)39-4)15-33-9-10-35-18(13-33)14-34(28(35)40)16-29(2,3)27(37)38/h5-8,11-12,18,20,32H,9-10,13-16H2,1-4H3,(H,37,38). The summed E-state index contributed by atoms with van der Waals surface area (Å²) in [5.41, 5.74) is 2.15. The molecular formula is C29H34FN5O4S2. The Bertz CT molecular complexity index is 1420. The number of hydrogen-bond acceptors (Lipinski definition) is 8. The molecule has 0 bridgehead atoms. The maximum atomic E-state index is 14.7. The fourth-order valence-corrected chi connectivity index (χ4v) is 6.77. The lowest BCUT2D eigenvalue weighted by molar-refractivity contribution is -0.147. The van der Waals surface area contributed by atoms with E-state index >= 15 is 0 Å². The average Bonchev–Trinajstić information content (AvgIpc) is 3.58. The highest BCUT2D eigenvalue weighted by molar-refractivity contribution is 7.80. The first-order valence-corrected chi connectivity index (χ1v) is 14.7. The van der Waals surface area contributed by atoms with Gasteiger partial charge in [-0.2, -0.15) is 0 Å². The summed E-state index contributed by atoms with van der Waals surface area (Å²) in [6, 6.07) is 5.02. The zero-order valence-corrected chi connectivity index (χ0v) is 25.1. The van der Waals surface area contributed by atoms with Gasteiger partial charge in [0, 0.05) is 62.5 Å². The molecule has 2 aromatic rings. The number of methoxy groups -OCH3 is 1. The fourth-order valence-electron chi connectivity index (χ4n) is 5.77. The number of esters is 1. The quantitative estimate of drug-likeness (QED) is 0.347. The number of carboxylic acids is 1. The van der Waals surface area contributed by atoms with E-state index in [0.29, 0.717) is 66.8 Å². The van der Waals surface area contributed by atoms with E-state index in [1.54, 1.807) is 33.0 Å². The molecule has 2 atom stereocenters. The van der Waals surface area contributed by atoms with Crippen LogP contribution in [0.15, 0.2) is 47.1 Å². The number of halogens is 1. The van der Waals surface area contributed by atoms with E-state index in [4.69, 9.17) is 17.0 Å². The van der Waals surface area contributed by atoms with Crippen molar-refractivity contribution >= 4 is 46.3 Å². The smallest absolute Gasteiger partial charge is 0.336 e. The molecule has 3 aliphatic heterocycles. The first-order chi connectivity index (χ1) is 19.5. The number of thiazole rings is 1. The number of carbonyl (C=O) groups is 2. The summed E-state index contributed by atoms with van der Waals surface area (Å²) in [6.07, 6.45) is 3.65. The second-order valence-electron chi connectivity index (χ2n) is 11.3. The van der Waals surface area contributed by atoms with Crippen LogP contribution in [0.4, 0.5) is 4.39 Å². The van der Waals surface area contributed by atoms with E-state index in [1.165, 1.54) is 24.5 Å². The van der Waals surface area contributed by atoms with Crippen LogP contribution < -0.4 is 5.32 Å². The zero-order chi connectivity index (χ0) is 29.5. The van der Waals surface area contributed by atoms with Crippen LogP contribution in [0.3, 0.4) is 0 Å². The van der Waals surface area contributed by atoms with Gasteiger partial charge in [-0.1, -0.05) is 12.1 Å². The largest absolute Gasteiger partial charge is 0.481 e. The van der Waals surface area contributed by atoms with Gasteiger partial charge in [0.1, 0.15) is 10.8 Å². The van der Waals surface area contributed by atoms with Crippen LogP contribution in [-0.2, 0) is 14.3 Å². The van der Waals surface area contributed by atoms with E-state index in [2.05, 4.69) is 20.1 Å². The minimum Gasteiger partial charge on any atom is -0.481 e. The maximum absolute atomic E-state index is 14.7. The Morgan fingerprint density at radius 1 is 1.29 bits per heavy atom. The van der Waals surface area contributed by atoms with Gasteiger partial charge in [0.05, 0.1) is 29.8 Å². The fraction of sp³-hybridized carbons (Fsp3) is 0.448. The van der Waals surface area contributed by atoms with Gasteiger partial charge in [0.25, 0.3) is 0 Å². The van der Waals surface area contributed by atoms with Crippen molar-refractivity contribution in [3.63, 3.8) is 0 Å². The molecule has 0 amide bonds. The molecule has 0 radical (unpaired) electrons. The minimum atomic E-state index is -0.923. The zero-order valence-electron chi connectivity index (χ0n) is 23.5. The van der Waals surface area contributed by atoms with Crippen molar-refractivity contribution in [2.24, 2.45) is 5.41 Å². The van der Waals surface area contributed by atoms with Gasteiger partial charge in [-0.3, -0.25) is 9.69 Å². The number of thiocarbonyl (C=S) groups is 1. The third kappa shape index (κ3) is 5.73. The van der Waals surface area contributed by atoms with Crippen molar-refractivity contribution in [2.75, 3.05) is 46.4 Å². The van der Waals surface area contributed by atoms with E-state index < -0.39 is 23.3 Å². The van der Waals surface area contributed by atoms with Crippen molar-refractivity contribution in [1.82, 2.24) is 25.0 Å². The molecule has 1 aromatic heterocycles. The Hall–Kier alpha value is -3.35. The molecule has 2 unspecified atom stereocenters. The van der Waals surface area contributed by atoms with Crippen molar-refractivity contribution in [2.45, 2.75) is 32.7 Å². The Labute approximate surface area is 248 Å². The molecule has 3 aliphatic rings. The molecule has 5 rings (SSSR count). The number of piperazine rings is 1. The maximum Gasteiger partial charge on any atom is 0.336 e. The average molecular weight is 600 g/mol. The SMILES string of the molecule is COC(=O)C1=C(CN2CCN3C(=S)N(CC(C)(C)C(=O)O)CC3C2)NC(c2nccs2)=CC1c1cccc(F)c1C. The number of hydrogen-bond donors (Lipinski definition) is 2. The monoisotopic (exact) mass is 599 g/mol. The van der Waals surface area contributed by atoms with E-state index in [0.717, 1.165) is 10.7 Å². The molecule has 9 nitrogen and oxygen atoms in total. The molecule has 4 heterocycles. The Morgan fingerprint density at radius 2 is 2.07 bits per heavy atom. The lowest BCUT2D eigenvalue weighted by Crippen LogP contribution is -2.53. The molecular weight excluding hydrogens is 565 g/mol. The molecule has 0 aliphatic carbocycles. The van der Waals surface area contributed by atoms with Crippen LogP contribution >= 0.6 is 23.6 Å². The number of fused-ring (bicyclic) bond motifs is 1. The normalized spacial score (nSPS) is 21.5. The van der Waals surface area contributed by atoms with Crippen molar-refractivity contribution in [1.29, 1.82) is 0 Å². The number of rotatable bonds is 8. The number of aliphatic carboxylic acids is 1. The predicted molar refractivity (Wildman–Crippen MR) is 159 cm³/mol. The van der Waals surface area contributed by atoms with Gasteiger partial charge in [-0.05, 0) is 56.3 Å². The second-order valence-corrected chi connectivity index (χ2v) is 12.6.